The summed E-state index contributed by atoms with van der Waals surface area (Å²) in [4.78, 5) is 40.8. The molecule has 0 unspecified atom stereocenters. The number of pyridine rings is 1. The first-order chi connectivity index (χ1) is 23.6. The maximum Gasteiger partial charge on any atom is 0.416 e. The molecule has 2 N–H and O–H groups in total. The van der Waals surface area contributed by atoms with Crippen LogP contribution in [-0.4, -0.2) is 73.4 Å². The summed E-state index contributed by atoms with van der Waals surface area (Å²) in [6.07, 6.45) is 5.79. The van der Waals surface area contributed by atoms with E-state index in [4.69, 9.17) is 9.72 Å². The summed E-state index contributed by atoms with van der Waals surface area (Å²) in [7, 11) is 1.23. The SMILES string of the molecule is CCc1c(N2CCN(Cc3ccncc3O)CC2)c(=O)n2nc(C3=CCCCCC3)nc2n1CC(=O)Nc1ccc(C(F)(F)F)cc1OC. The molecule has 0 spiro atoms. The fraction of sp³-hybridized carbons (Fsp3) is 0.441. The zero-order valence-corrected chi connectivity index (χ0v) is 27.5. The molecule has 0 saturated carbocycles. The number of hydrogen-bond donors (Lipinski definition) is 2. The van der Waals surface area contributed by atoms with Crippen molar-refractivity contribution in [2.24, 2.45) is 0 Å². The first kappa shape index (κ1) is 34.0. The van der Waals surface area contributed by atoms with Gasteiger partial charge in [-0.3, -0.25) is 19.5 Å². The number of alkyl halides is 3. The van der Waals surface area contributed by atoms with Crippen molar-refractivity contribution in [3.63, 3.8) is 0 Å². The highest BCUT2D eigenvalue weighted by atomic mass is 19.4. The molecule has 3 aromatic heterocycles. The van der Waals surface area contributed by atoms with Crippen LogP contribution >= 0.6 is 0 Å². The molecule has 15 heteroatoms. The first-order valence-corrected chi connectivity index (χ1v) is 16.4. The smallest absolute Gasteiger partial charge is 0.416 e. The van der Waals surface area contributed by atoms with Gasteiger partial charge in [0.05, 0.1) is 30.3 Å². The second-order valence-electron chi connectivity index (χ2n) is 12.2. The van der Waals surface area contributed by atoms with E-state index in [2.05, 4.69) is 26.4 Å². The summed E-state index contributed by atoms with van der Waals surface area (Å²) in [5, 5.41) is 17.6. The van der Waals surface area contributed by atoms with Crippen molar-refractivity contribution >= 4 is 28.6 Å². The average molecular weight is 681 g/mol. The summed E-state index contributed by atoms with van der Waals surface area (Å²) in [5.74, 6) is 0.118. The summed E-state index contributed by atoms with van der Waals surface area (Å²) < 4.78 is 48.1. The van der Waals surface area contributed by atoms with Crippen LogP contribution in [-0.2, 0) is 30.5 Å². The van der Waals surface area contributed by atoms with Gasteiger partial charge in [-0.1, -0.05) is 19.4 Å². The third-order valence-corrected chi connectivity index (χ3v) is 9.06. The van der Waals surface area contributed by atoms with Gasteiger partial charge in [-0.15, -0.1) is 5.10 Å². The molecule has 12 nitrogen and oxygen atoms in total. The van der Waals surface area contributed by atoms with Crippen molar-refractivity contribution in [3.05, 3.63) is 75.7 Å². The highest BCUT2D eigenvalue weighted by Gasteiger charge is 2.32. The molecule has 4 heterocycles. The highest BCUT2D eigenvalue weighted by molar-refractivity contribution is 5.92. The molecule has 6 rings (SSSR count). The lowest BCUT2D eigenvalue weighted by Gasteiger charge is -2.36. The quantitative estimate of drug-likeness (QED) is 0.254. The number of rotatable bonds is 9. The van der Waals surface area contributed by atoms with Gasteiger partial charge in [0.2, 0.25) is 11.7 Å². The fourth-order valence-electron chi connectivity index (χ4n) is 6.51. The van der Waals surface area contributed by atoms with Crippen molar-refractivity contribution in [1.82, 2.24) is 29.0 Å². The number of carbonyl (C=O) groups is 1. The molecule has 1 aliphatic carbocycles. The predicted octanol–water partition coefficient (Wildman–Crippen LogP) is 4.89. The maximum atomic E-state index is 14.2. The Bertz CT molecular complexity index is 1930. The standard InChI is InChI=1S/C34H39F3N8O4/c1-3-26-30(43-16-14-42(15-17-43)20-23-12-13-38-19-27(23)46)32(48)45-33(40-31(41-45)22-8-6-4-5-7-9-22)44(26)21-29(47)39-25-11-10-24(34(35,36)37)18-28(25)49-2/h8,10-13,18-19,46H,3-7,9,14-17,20-21H2,1-2H3,(H,39,47). The van der Waals surface area contributed by atoms with Crippen molar-refractivity contribution in [1.29, 1.82) is 0 Å². The second kappa shape index (κ2) is 14.3. The zero-order valence-electron chi connectivity index (χ0n) is 27.5. The number of aromatic nitrogens is 5. The molecule has 0 bridgehead atoms. The molecular formula is C34H39F3N8O4. The van der Waals surface area contributed by atoms with E-state index in [0.717, 1.165) is 61.4 Å². The zero-order chi connectivity index (χ0) is 34.7. The third kappa shape index (κ3) is 7.26. The fourth-order valence-corrected chi connectivity index (χ4v) is 6.51. The van der Waals surface area contributed by atoms with Crippen LogP contribution < -0.4 is 20.5 Å². The molecule has 0 atom stereocenters. The molecule has 1 aromatic carbocycles. The number of nitrogens with one attached hydrogen (secondary N) is 1. The minimum absolute atomic E-state index is 0.0814. The monoisotopic (exact) mass is 680 g/mol. The Hall–Kier alpha value is -4.92. The molecule has 1 fully saturated rings. The molecular weight excluding hydrogens is 641 g/mol. The molecule has 1 amide bonds. The second-order valence-corrected chi connectivity index (χ2v) is 12.2. The van der Waals surface area contributed by atoms with Crippen molar-refractivity contribution in [2.75, 3.05) is 43.5 Å². The Morgan fingerprint density at radius 2 is 1.90 bits per heavy atom. The predicted molar refractivity (Wildman–Crippen MR) is 178 cm³/mol. The minimum atomic E-state index is -4.58. The topological polar surface area (TPSA) is 130 Å². The third-order valence-electron chi connectivity index (χ3n) is 9.06. The number of anilines is 2. The lowest BCUT2D eigenvalue weighted by Crippen LogP contribution is -2.48. The molecule has 49 heavy (non-hydrogen) atoms. The van der Waals surface area contributed by atoms with Crippen LogP contribution in [0.2, 0.25) is 0 Å². The Morgan fingerprint density at radius 1 is 1.10 bits per heavy atom. The number of carbonyl (C=O) groups excluding carboxylic acids is 1. The van der Waals surface area contributed by atoms with Gasteiger partial charge in [0.1, 0.15) is 23.7 Å². The molecule has 1 saturated heterocycles. The van der Waals surface area contributed by atoms with Gasteiger partial charge in [-0.05, 0) is 61.9 Å². The Kier molecular flexibility index (Phi) is 9.90. The van der Waals surface area contributed by atoms with E-state index in [1.165, 1.54) is 17.8 Å². The van der Waals surface area contributed by atoms with E-state index in [1.807, 2.05) is 11.8 Å². The highest BCUT2D eigenvalue weighted by Crippen LogP contribution is 2.35. The van der Waals surface area contributed by atoms with Gasteiger partial charge in [0.25, 0.3) is 5.56 Å². The Morgan fingerprint density at radius 3 is 2.61 bits per heavy atom. The van der Waals surface area contributed by atoms with Crippen LogP contribution in [0.1, 0.15) is 61.7 Å². The van der Waals surface area contributed by atoms with Crippen LogP contribution in [0.4, 0.5) is 24.5 Å². The van der Waals surface area contributed by atoms with E-state index in [-0.39, 0.29) is 35.1 Å². The number of piperazine rings is 1. The van der Waals surface area contributed by atoms with Crippen LogP contribution in [0.15, 0.2) is 47.5 Å². The summed E-state index contributed by atoms with van der Waals surface area (Å²) in [6, 6.07) is 4.66. The van der Waals surface area contributed by atoms with Gasteiger partial charge in [0, 0.05) is 44.5 Å². The van der Waals surface area contributed by atoms with Crippen LogP contribution in [0, 0.1) is 0 Å². The number of methoxy groups -OCH3 is 1. The largest absolute Gasteiger partial charge is 0.506 e. The number of benzene rings is 1. The number of aromatic hydroxyl groups is 1. The van der Waals surface area contributed by atoms with E-state index < -0.39 is 17.6 Å². The summed E-state index contributed by atoms with van der Waals surface area (Å²) in [5.41, 5.74) is 1.59. The lowest BCUT2D eigenvalue weighted by molar-refractivity contribution is -0.137. The number of halogens is 3. The Balaban J connectivity index is 1.35. The number of ether oxygens (including phenoxy) is 1. The number of fused-ring (bicyclic) bond motifs is 1. The molecule has 4 aromatic rings. The first-order valence-electron chi connectivity index (χ1n) is 16.4. The molecule has 1 aliphatic heterocycles. The number of nitrogens with zero attached hydrogens (tertiary/aromatic N) is 7. The Labute approximate surface area is 280 Å². The average Bonchev–Trinajstić information content (AvgIpc) is 3.35. The van der Waals surface area contributed by atoms with Gasteiger partial charge in [-0.2, -0.15) is 22.7 Å². The summed E-state index contributed by atoms with van der Waals surface area (Å²) in [6.45, 7) is 4.42. The molecule has 260 valence electrons. The van der Waals surface area contributed by atoms with Gasteiger partial charge >= 0.3 is 6.18 Å². The van der Waals surface area contributed by atoms with E-state index in [0.29, 0.717) is 56.4 Å². The van der Waals surface area contributed by atoms with E-state index >= 15 is 0 Å². The number of allylic oxidation sites excluding steroid dienone is 2. The maximum absolute atomic E-state index is 14.2. The van der Waals surface area contributed by atoms with Crippen LogP contribution in [0.25, 0.3) is 11.4 Å². The van der Waals surface area contributed by atoms with Crippen LogP contribution in [0.3, 0.4) is 0 Å². The van der Waals surface area contributed by atoms with Gasteiger partial charge in [0.15, 0.2) is 5.82 Å². The lowest BCUT2D eigenvalue weighted by atomic mass is 10.1. The van der Waals surface area contributed by atoms with Crippen molar-refractivity contribution in [2.45, 2.75) is 64.7 Å². The van der Waals surface area contributed by atoms with Crippen molar-refractivity contribution in [3.8, 4) is 11.5 Å². The van der Waals surface area contributed by atoms with E-state index in [1.54, 1.807) is 16.8 Å². The normalized spacial score (nSPS) is 16.0. The summed E-state index contributed by atoms with van der Waals surface area (Å²) >= 11 is 0. The minimum Gasteiger partial charge on any atom is -0.506 e. The van der Waals surface area contributed by atoms with Crippen LogP contribution in [0.5, 0.6) is 11.5 Å². The number of hydrogen-bond acceptors (Lipinski definition) is 9. The van der Waals surface area contributed by atoms with Gasteiger partial charge < -0.3 is 24.6 Å². The number of amides is 1. The van der Waals surface area contributed by atoms with Crippen molar-refractivity contribution < 1.29 is 27.8 Å². The molecule has 2 aliphatic rings. The van der Waals surface area contributed by atoms with E-state index in [9.17, 15) is 27.9 Å². The molecule has 0 radical (unpaired) electrons. The van der Waals surface area contributed by atoms with Gasteiger partial charge in [-0.25, -0.2) is 0 Å².